The molecule has 4 rings (SSSR count). The van der Waals surface area contributed by atoms with Gasteiger partial charge in [-0.15, -0.1) is 0 Å². The Kier molecular flexibility index (Phi) is 5.36. The summed E-state index contributed by atoms with van der Waals surface area (Å²) in [5.74, 6) is 0.237. The highest BCUT2D eigenvalue weighted by molar-refractivity contribution is 6.08. The molecule has 1 aliphatic carbocycles. The van der Waals surface area contributed by atoms with Crippen LogP contribution in [-0.4, -0.2) is 19.0 Å². The van der Waals surface area contributed by atoms with Gasteiger partial charge in [-0.1, -0.05) is 63.2 Å². The lowest BCUT2D eigenvalue weighted by atomic mass is 9.74. The smallest absolute Gasteiger partial charge is 0.184 e. The number of rotatable bonds is 3. The monoisotopic (exact) mass is 338 g/mol. The second-order valence-electron chi connectivity index (χ2n) is 6.30. The van der Waals surface area contributed by atoms with E-state index < -0.39 is 5.41 Å². The molecule has 2 aromatic rings. The van der Waals surface area contributed by atoms with E-state index in [1.54, 1.807) is 0 Å². The molecule has 1 heterocycles. The van der Waals surface area contributed by atoms with Crippen LogP contribution in [0.25, 0.3) is 0 Å². The average molecular weight is 338 g/mol. The molecular formula is C22H26O3. The summed E-state index contributed by atoms with van der Waals surface area (Å²) in [6.45, 7) is 7.34. The quantitative estimate of drug-likeness (QED) is 0.803. The molecule has 0 saturated carbocycles. The second kappa shape index (κ2) is 7.51. The molecule has 132 valence electrons. The summed E-state index contributed by atoms with van der Waals surface area (Å²) in [7, 11) is 0. The van der Waals surface area contributed by atoms with Crippen molar-refractivity contribution >= 4 is 5.78 Å². The van der Waals surface area contributed by atoms with Gasteiger partial charge in [-0.05, 0) is 30.0 Å². The molecule has 0 aromatic heterocycles. The Morgan fingerprint density at radius 3 is 2.44 bits per heavy atom. The number of fused-ring (bicyclic) bond motifs is 1. The highest BCUT2D eigenvalue weighted by atomic mass is 16.7. The molecular weight excluding hydrogens is 312 g/mol. The molecule has 1 unspecified atom stereocenters. The first-order valence-corrected chi connectivity index (χ1v) is 9.21. The van der Waals surface area contributed by atoms with Crippen molar-refractivity contribution in [1.82, 2.24) is 0 Å². The van der Waals surface area contributed by atoms with Crippen molar-refractivity contribution in [2.45, 2.75) is 45.3 Å². The third-order valence-corrected chi connectivity index (χ3v) is 5.13. The van der Waals surface area contributed by atoms with Crippen molar-refractivity contribution in [1.29, 1.82) is 0 Å². The summed E-state index contributed by atoms with van der Waals surface area (Å²) >= 11 is 0. The summed E-state index contributed by atoms with van der Waals surface area (Å²) in [5, 5.41) is 0. The Hall–Kier alpha value is -1.97. The van der Waals surface area contributed by atoms with Crippen molar-refractivity contribution < 1.29 is 14.3 Å². The molecule has 2 aliphatic rings. The molecule has 1 fully saturated rings. The Bertz CT molecular complexity index is 746. The normalized spacial score (nSPS) is 22.4. The minimum absolute atomic E-state index is 0.237. The zero-order chi connectivity index (χ0) is 17.9. The zero-order valence-electron chi connectivity index (χ0n) is 15.2. The van der Waals surface area contributed by atoms with E-state index in [1.165, 1.54) is 0 Å². The predicted molar refractivity (Wildman–Crippen MR) is 98.9 cm³/mol. The fraction of sp³-hybridized carbons (Fsp3) is 0.409. The first-order valence-electron chi connectivity index (χ1n) is 9.21. The number of hydrogen-bond acceptors (Lipinski definition) is 3. The molecule has 3 nitrogen and oxygen atoms in total. The maximum Gasteiger partial charge on any atom is 0.184 e. The maximum absolute atomic E-state index is 13.1. The Balaban J connectivity index is 0.000000880. The van der Waals surface area contributed by atoms with Crippen LogP contribution in [0.4, 0.5) is 0 Å². The summed E-state index contributed by atoms with van der Waals surface area (Å²) in [6, 6.07) is 16.1. The van der Waals surface area contributed by atoms with E-state index in [-0.39, 0.29) is 12.1 Å². The van der Waals surface area contributed by atoms with Crippen LogP contribution >= 0.6 is 0 Å². The molecule has 0 amide bonds. The number of benzene rings is 2. The van der Waals surface area contributed by atoms with E-state index in [9.17, 15) is 4.79 Å². The van der Waals surface area contributed by atoms with Gasteiger partial charge < -0.3 is 9.47 Å². The number of carbonyl (C=O) groups excluding carboxylic acids is 1. The van der Waals surface area contributed by atoms with Crippen LogP contribution in [0, 0.1) is 0 Å². The molecule has 3 heteroatoms. The van der Waals surface area contributed by atoms with E-state index in [4.69, 9.17) is 9.47 Å². The molecule has 0 bridgehead atoms. The summed E-state index contributed by atoms with van der Waals surface area (Å²) in [4.78, 5) is 13.1. The number of Topliss-reactive ketones (excluding diaryl/α,β-unsaturated/α-hetero) is 1. The summed E-state index contributed by atoms with van der Waals surface area (Å²) in [5.41, 5.74) is 3.62. The van der Waals surface area contributed by atoms with Gasteiger partial charge in [0.25, 0.3) is 0 Å². The Morgan fingerprint density at radius 1 is 1.04 bits per heavy atom. The molecule has 0 N–H and O–H groups in total. The molecule has 1 saturated heterocycles. The molecule has 0 radical (unpaired) electrons. The van der Waals surface area contributed by atoms with E-state index in [2.05, 4.69) is 25.1 Å². The van der Waals surface area contributed by atoms with E-state index in [0.717, 1.165) is 35.1 Å². The minimum Gasteiger partial charge on any atom is -0.346 e. The van der Waals surface area contributed by atoms with Gasteiger partial charge in [0.1, 0.15) is 0 Å². The van der Waals surface area contributed by atoms with Crippen molar-refractivity contribution in [3.8, 4) is 0 Å². The van der Waals surface area contributed by atoms with Gasteiger partial charge in [0, 0.05) is 11.1 Å². The number of ether oxygens (including phenoxy) is 2. The predicted octanol–water partition coefficient (Wildman–Crippen LogP) is 4.85. The van der Waals surface area contributed by atoms with Crippen molar-refractivity contribution in [2.24, 2.45) is 0 Å². The number of carbonyl (C=O) groups is 1. The zero-order valence-corrected chi connectivity index (χ0v) is 15.2. The molecule has 1 aliphatic heterocycles. The Labute approximate surface area is 150 Å². The average Bonchev–Trinajstić information content (AvgIpc) is 3.31. The van der Waals surface area contributed by atoms with Crippen molar-refractivity contribution in [3.63, 3.8) is 0 Å². The lowest BCUT2D eigenvalue weighted by Crippen LogP contribution is -2.32. The van der Waals surface area contributed by atoms with E-state index in [0.29, 0.717) is 13.2 Å². The van der Waals surface area contributed by atoms with E-state index in [1.807, 2.05) is 44.2 Å². The topological polar surface area (TPSA) is 35.5 Å². The van der Waals surface area contributed by atoms with Gasteiger partial charge in [-0.25, -0.2) is 0 Å². The number of hydrogen-bond donors (Lipinski definition) is 0. The summed E-state index contributed by atoms with van der Waals surface area (Å²) in [6.07, 6.45) is 1.26. The second-order valence-corrected chi connectivity index (χ2v) is 6.30. The van der Waals surface area contributed by atoms with Gasteiger partial charge in [-0.2, -0.15) is 0 Å². The molecule has 2 aromatic carbocycles. The van der Waals surface area contributed by atoms with Gasteiger partial charge >= 0.3 is 0 Å². The van der Waals surface area contributed by atoms with Crippen LogP contribution in [-0.2, 0) is 21.3 Å². The first kappa shape index (κ1) is 17.8. The van der Waals surface area contributed by atoms with Crippen LogP contribution in [0.5, 0.6) is 0 Å². The Morgan fingerprint density at radius 2 is 1.76 bits per heavy atom. The van der Waals surface area contributed by atoms with Gasteiger partial charge in [-0.3, -0.25) is 4.79 Å². The standard InChI is InChI=1S/C20H20O3.C2H6/c1-2-20(13-15-6-3-4-9-17(15)18(20)21)16-8-5-7-14(12-16)19-22-10-11-23-19;1-2/h3-9,12,19H,2,10-11,13H2,1H3;1-2H3. The highest BCUT2D eigenvalue weighted by Gasteiger charge is 2.45. The lowest BCUT2D eigenvalue weighted by molar-refractivity contribution is -0.0442. The van der Waals surface area contributed by atoms with Crippen LogP contribution in [0.3, 0.4) is 0 Å². The maximum atomic E-state index is 13.1. The van der Waals surface area contributed by atoms with Crippen LogP contribution < -0.4 is 0 Å². The largest absolute Gasteiger partial charge is 0.346 e. The molecule has 25 heavy (non-hydrogen) atoms. The lowest BCUT2D eigenvalue weighted by Gasteiger charge is -2.27. The van der Waals surface area contributed by atoms with Crippen LogP contribution in [0.15, 0.2) is 48.5 Å². The van der Waals surface area contributed by atoms with Gasteiger partial charge in [0.2, 0.25) is 0 Å². The van der Waals surface area contributed by atoms with Gasteiger partial charge in [0.05, 0.1) is 18.6 Å². The van der Waals surface area contributed by atoms with Crippen LogP contribution in [0.2, 0.25) is 0 Å². The van der Waals surface area contributed by atoms with Crippen molar-refractivity contribution in [3.05, 3.63) is 70.8 Å². The minimum atomic E-state index is -0.460. The SMILES string of the molecule is CC.CCC1(c2cccc(C3OCCO3)c2)Cc2ccccc2C1=O. The molecule has 0 spiro atoms. The van der Waals surface area contributed by atoms with Gasteiger partial charge in [0.15, 0.2) is 12.1 Å². The highest BCUT2D eigenvalue weighted by Crippen LogP contribution is 2.43. The fourth-order valence-electron chi connectivity index (χ4n) is 3.82. The first-order chi connectivity index (χ1) is 12.2. The third kappa shape index (κ3) is 3.03. The summed E-state index contributed by atoms with van der Waals surface area (Å²) < 4.78 is 11.2. The molecule has 1 atom stereocenters. The van der Waals surface area contributed by atoms with Crippen molar-refractivity contribution in [2.75, 3.05) is 13.2 Å². The third-order valence-electron chi connectivity index (χ3n) is 5.13. The number of ketones is 1. The van der Waals surface area contributed by atoms with Crippen LogP contribution in [0.1, 0.15) is 60.5 Å². The van der Waals surface area contributed by atoms with E-state index >= 15 is 0 Å². The fourth-order valence-corrected chi connectivity index (χ4v) is 3.82.